The molecule has 2 rings (SSSR count). The summed E-state index contributed by atoms with van der Waals surface area (Å²) >= 11 is 5.56. The zero-order chi connectivity index (χ0) is 14.9. The fourth-order valence-corrected chi connectivity index (χ4v) is 1.51. The quantitative estimate of drug-likeness (QED) is 0.698. The van der Waals surface area contributed by atoms with Gasteiger partial charge in [-0.1, -0.05) is 42.2 Å². The van der Waals surface area contributed by atoms with Crippen molar-refractivity contribution in [3.8, 4) is 11.8 Å². The number of halogens is 1. The van der Waals surface area contributed by atoms with Crippen LogP contribution in [-0.2, 0) is 11.3 Å². The Morgan fingerprint density at radius 1 is 1.24 bits per heavy atom. The minimum atomic E-state index is -0.513. The summed E-state index contributed by atoms with van der Waals surface area (Å²) in [7, 11) is 0. The minimum Gasteiger partial charge on any atom is -0.445 e. The molecule has 2 aromatic rings. The van der Waals surface area contributed by atoms with Crippen LogP contribution in [0.1, 0.15) is 11.1 Å². The van der Waals surface area contributed by atoms with E-state index in [0.717, 1.165) is 5.56 Å². The first-order valence-corrected chi connectivity index (χ1v) is 6.53. The average Bonchev–Trinajstić information content (AvgIpc) is 2.52. The number of aromatic nitrogens is 2. The van der Waals surface area contributed by atoms with Gasteiger partial charge in [0.15, 0.2) is 0 Å². The van der Waals surface area contributed by atoms with Gasteiger partial charge in [-0.2, -0.15) is 0 Å². The molecule has 1 heterocycles. The molecule has 0 saturated heterocycles. The van der Waals surface area contributed by atoms with Gasteiger partial charge in [0.1, 0.15) is 6.61 Å². The maximum absolute atomic E-state index is 11.4. The van der Waals surface area contributed by atoms with Gasteiger partial charge in [-0.3, -0.25) is 0 Å². The standard InChI is InChI=1S/C15H12ClN3O2/c16-14-18-9-13(10-19-14)7-4-8-17-15(20)21-11-12-5-2-1-3-6-12/h1-3,5-6,9-10H,8,11H2,(H,17,20). The van der Waals surface area contributed by atoms with Crippen molar-refractivity contribution < 1.29 is 9.53 Å². The normalized spacial score (nSPS) is 9.38. The summed E-state index contributed by atoms with van der Waals surface area (Å²) in [5.74, 6) is 5.56. The van der Waals surface area contributed by atoms with Gasteiger partial charge < -0.3 is 10.1 Å². The van der Waals surface area contributed by atoms with Gasteiger partial charge in [0.25, 0.3) is 0 Å². The van der Waals surface area contributed by atoms with E-state index in [9.17, 15) is 4.79 Å². The first-order valence-electron chi connectivity index (χ1n) is 6.15. The maximum Gasteiger partial charge on any atom is 0.408 e. The predicted octanol–water partition coefficient (Wildman–Crippen LogP) is 2.41. The van der Waals surface area contributed by atoms with Gasteiger partial charge >= 0.3 is 6.09 Å². The van der Waals surface area contributed by atoms with Crippen LogP contribution in [0.2, 0.25) is 5.28 Å². The molecule has 1 amide bonds. The Balaban J connectivity index is 1.71. The van der Waals surface area contributed by atoms with Crippen molar-refractivity contribution in [1.29, 1.82) is 0 Å². The first kappa shape index (κ1) is 14.8. The van der Waals surface area contributed by atoms with Crippen LogP contribution in [0.4, 0.5) is 4.79 Å². The van der Waals surface area contributed by atoms with Crippen molar-refractivity contribution in [2.75, 3.05) is 6.54 Å². The molecule has 0 spiro atoms. The molecule has 1 aromatic carbocycles. The molecule has 0 saturated carbocycles. The molecule has 0 aliphatic heterocycles. The summed E-state index contributed by atoms with van der Waals surface area (Å²) in [5, 5.41) is 2.70. The van der Waals surface area contributed by atoms with E-state index in [2.05, 4.69) is 27.1 Å². The van der Waals surface area contributed by atoms with Gasteiger partial charge in [-0.25, -0.2) is 14.8 Å². The maximum atomic E-state index is 11.4. The number of nitrogens with one attached hydrogen (secondary N) is 1. The van der Waals surface area contributed by atoms with Gasteiger partial charge in [0.2, 0.25) is 5.28 Å². The molecule has 106 valence electrons. The molecule has 1 aromatic heterocycles. The van der Waals surface area contributed by atoms with Crippen LogP contribution in [0.3, 0.4) is 0 Å². The second-order valence-corrected chi connectivity index (χ2v) is 4.30. The van der Waals surface area contributed by atoms with E-state index in [-0.39, 0.29) is 18.4 Å². The van der Waals surface area contributed by atoms with E-state index in [1.165, 1.54) is 12.4 Å². The van der Waals surface area contributed by atoms with E-state index >= 15 is 0 Å². The van der Waals surface area contributed by atoms with Crippen molar-refractivity contribution in [3.05, 3.63) is 59.1 Å². The van der Waals surface area contributed by atoms with E-state index in [1.54, 1.807) is 0 Å². The number of hydrogen-bond acceptors (Lipinski definition) is 4. The zero-order valence-corrected chi connectivity index (χ0v) is 11.8. The molecule has 0 aliphatic carbocycles. The number of alkyl carbamates (subject to hydrolysis) is 1. The first-order chi connectivity index (χ1) is 10.2. The SMILES string of the molecule is O=C(NCC#Cc1cnc(Cl)nc1)OCc1ccccc1. The van der Waals surface area contributed by atoms with E-state index < -0.39 is 6.09 Å². The van der Waals surface area contributed by atoms with Gasteiger partial charge in [0.05, 0.1) is 12.1 Å². The molecule has 0 aliphatic rings. The van der Waals surface area contributed by atoms with Gasteiger partial charge in [-0.05, 0) is 17.2 Å². The van der Waals surface area contributed by atoms with Crippen molar-refractivity contribution in [1.82, 2.24) is 15.3 Å². The van der Waals surface area contributed by atoms with Crippen LogP contribution in [-0.4, -0.2) is 22.6 Å². The highest BCUT2D eigenvalue weighted by atomic mass is 35.5. The second kappa shape index (κ2) is 7.88. The Bertz CT molecular complexity index is 648. The lowest BCUT2D eigenvalue weighted by atomic mass is 10.2. The summed E-state index contributed by atoms with van der Waals surface area (Å²) in [5.41, 5.74) is 1.55. The van der Waals surface area contributed by atoms with E-state index in [0.29, 0.717) is 5.56 Å². The van der Waals surface area contributed by atoms with Crippen molar-refractivity contribution in [2.24, 2.45) is 0 Å². The Morgan fingerprint density at radius 2 is 1.95 bits per heavy atom. The molecule has 0 radical (unpaired) electrons. The van der Waals surface area contributed by atoms with Crippen LogP contribution in [0, 0.1) is 11.8 Å². The van der Waals surface area contributed by atoms with Crippen LogP contribution >= 0.6 is 11.6 Å². The molecule has 1 N–H and O–H groups in total. The predicted molar refractivity (Wildman–Crippen MR) is 78.5 cm³/mol. The number of benzene rings is 1. The smallest absolute Gasteiger partial charge is 0.408 e. The highest BCUT2D eigenvalue weighted by molar-refractivity contribution is 6.28. The third-order valence-electron chi connectivity index (χ3n) is 2.39. The van der Waals surface area contributed by atoms with Crippen LogP contribution in [0.5, 0.6) is 0 Å². The fourth-order valence-electron chi connectivity index (χ4n) is 1.41. The molecule has 6 heteroatoms. The molecular formula is C15H12ClN3O2. The number of carbonyl (C=O) groups is 1. The molecule has 21 heavy (non-hydrogen) atoms. The van der Waals surface area contributed by atoms with Gasteiger partial charge in [0, 0.05) is 12.4 Å². The van der Waals surface area contributed by atoms with Crippen LogP contribution < -0.4 is 5.32 Å². The fraction of sp³-hybridized carbons (Fsp3) is 0.133. The summed E-state index contributed by atoms with van der Waals surface area (Å²) < 4.78 is 5.04. The minimum absolute atomic E-state index is 0.170. The third kappa shape index (κ3) is 5.51. The molecule has 0 atom stereocenters. The highest BCUT2D eigenvalue weighted by Gasteiger charge is 2.00. The second-order valence-electron chi connectivity index (χ2n) is 3.96. The van der Waals surface area contributed by atoms with Crippen molar-refractivity contribution in [3.63, 3.8) is 0 Å². The van der Waals surface area contributed by atoms with E-state index in [4.69, 9.17) is 16.3 Å². The zero-order valence-electron chi connectivity index (χ0n) is 11.0. The van der Waals surface area contributed by atoms with Crippen LogP contribution in [0.25, 0.3) is 0 Å². The summed E-state index contributed by atoms with van der Waals surface area (Å²) in [4.78, 5) is 19.0. The highest BCUT2D eigenvalue weighted by Crippen LogP contribution is 2.00. The summed E-state index contributed by atoms with van der Waals surface area (Å²) in [6, 6.07) is 9.44. The molecule has 0 unspecified atom stereocenters. The van der Waals surface area contributed by atoms with Crippen LogP contribution in [0.15, 0.2) is 42.7 Å². The Morgan fingerprint density at radius 3 is 2.67 bits per heavy atom. The number of amides is 1. The number of hydrogen-bond donors (Lipinski definition) is 1. The lowest BCUT2D eigenvalue weighted by Gasteiger charge is -2.04. The Hall–Kier alpha value is -2.58. The lowest BCUT2D eigenvalue weighted by molar-refractivity contribution is 0.141. The largest absolute Gasteiger partial charge is 0.445 e. The van der Waals surface area contributed by atoms with Gasteiger partial charge in [-0.15, -0.1) is 0 Å². The average molecular weight is 302 g/mol. The topological polar surface area (TPSA) is 64.1 Å². The molecule has 0 fully saturated rings. The Labute approximate surface area is 127 Å². The summed E-state index contributed by atoms with van der Waals surface area (Å²) in [6.07, 6.45) is 2.51. The Kier molecular flexibility index (Phi) is 5.56. The number of ether oxygens (including phenoxy) is 1. The number of nitrogens with zero attached hydrogens (tertiary/aromatic N) is 2. The number of carbonyl (C=O) groups excluding carboxylic acids is 1. The lowest BCUT2D eigenvalue weighted by Crippen LogP contribution is -2.24. The van der Waals surface area contributed by atoms with E-state index in [1.807, 2.05) is 30.3 Å². The van der Waals surface area contributed by atoms with Crippen molar-refractivity contribution >= 4 is 17.7 Å². The number of rotatable bonds is 3. The molecule has 0 bridgehead atoms. The molecule has 5 nitrogen and oxygen atoms in total. The molecular weight excluding hydrogens is 290 g/mol. The van der Waals surface area contributed by atoms with Crippen molar-refractivity contribution in [2.45, 2.75) is 6.61 Å². The third-order valence-corrected chi connectivity index (χ3v) is 2.58. The monoisotopic (exact) mass is 301 g/mol. The summed E-state index contributed by atoms with van der Waals surface area (Å²) in [6.45, 7) is 0.404.